The van der Waals surface area contributed by atoms with E-state index in [0.717, 1.165) is 12.1 Å². The van der Waals surface area contributed by atoms with Gasteiger partial charge in [0, 0.05) is 30.3 Å². The number of nitrogens with zero attached hydrogens (tertiary/aromatic N) is 2. The number of fused-ring (bicyclic) bond motifs is 1. The lowest BCUT2D eigenvalue weighted by Crippen LogP contribution is -2.55. The Morgan fingerprint density at radius 3 is 2.37 bits per heavy atom. The maximum atomic E-state index is 13.6. The fourth-order valence-electron chi connectivity index (χ4n) is 3.41. The van der Waals surface area contributed by atoms with E-state index < -0.39 is 17.7 Å². The molecule has 2 aromatic carbocycles. The van der Waals surface area contributed by atoms with Gasteiger partial charge < -0.3 is 4.74 Å². The highest BCUT2D eigenvalue weighted by atomic mass is 19.2. The number of rotatable bonds is 2. The molecule has 5 nitrogen and oxygen atoms in total. The summed E-state index contributed by atoms with van der Waals surface area (Å²) < 4.78 is 32.1. The maximum absolute atomic E-state index is 13.6. The fourth-order valence-corrected chi connectivity index (χ4v) is 3.41. The zero-order valence-electron chi connectivity index (χ0n) is 14.3. The number of carbonyl (C=O) groups excluding carboxylic acids is 2. The van der Waals surface area contributed by atoms with E-state index in [1.54, 1.807) is 24.3 Å². The third-order valence-corrected chi connectivity index (χ3v) is 4.74. The number of Topliss-reactive ketones (excluding diaryl/α,β-unsaturated/α-hetero) is 2. The molecule has 0 aromatic heterocycles. The largest absolute Gasteiger partial charge is 0.379 e. The van der Waals surface area contributed by atoms with Crippen molar-refractivity contribution in [3.8, 4) is 0 Å². The number of ether oxygens (including phenoxy) is 1. The second-order valence-electron chi connectivity index (χ2n) is 6.39. The monoisotopic (exact) mass is 370 g/mol. The number of carbonyl (C=O) groups is 2. The summed E-state index contributed by atoms with van der Waals surface area (Å²) >= 11 is 0. The summed E-state index contributed by atoms with van der Waals surface area (Å²) in [6.07, 6.45) is 0. The predicted octanol–water partition coefficient (Wildman–Crippen LogP) is 2.82. The van der Waals surface area contributed by atoms with Gasteiger partial charge in [-0.25, -0.2) is 13.8 Å². The summed E-state index contributed by atoms with van der Waals surface area (Å²) in [6.45, 7) is 1.83. The van der Waals surface area contributed by atoms with Crippen LogP contribution in [0.2, 0.25) is 0 Å². The Bertz CT molecular complexity index is 952. The molecule has 138 valence electrons. The number of aliphatic imine (C=N–C) groups is 1. The van der Waals surface area contributed by atoms with Crippen molar-refractivity contribution in [1.82, 2.24) is 4.90 Å². The molecule has 0 spiro atoms. The van der Waals surface area contributed by atoms with Crippen molar-refractivity contribution in [2.75, 3.05) is 26.3 Å². The molecule has 1 atom stereocenters. The van der Waals surface area contributed by atoms with Crippen molar-refractivity contribution in [2.24, 2.45) is 4.99 Å². The summed E-state index contributed by atoms with van der Waals surface area (Å²) in [4.78, 5) is 32.3. The van der Waals surface area contributed by atoms with Crippen LogP contribution in [-0.4, -0.2) is 54.5 Å². The van der Waals surface area contributed by atoms with Crippen LogP contribution in [0.1, 0.15) is 20.7 Å². The average molecular weight is 370 g/mol. The van der Waals surface area contributed by atoms with Crippen LogP contribution in [0.5, 0.6) is 0 Å². The van der Waals surface area contributed by atoms with Gasteiger partial charge in [0.15, 0.2) is 17.4 Å². The first kappa shape index (κ1) is 17.6. The Hall–Kier alpha value is -2.77. The predicted molar refractivity (Wildman–Crippen MR) is 94.7 cm³/mol. The number of hydrogen-bond donors (Lipinski definition) is 0. The minimum Gasteiger partial charge on any atom is -0.379 e. The second-order valence-corrected chi connectivity index (χ2v) is 6.39. The van der Waals surface area contributed by atoms with Gasteiger partial charge in [-0.2, -0.15) is 0 Å². The Kier molecular flexibility index (Phi) is 4.63. The van der Waals surface area contributed by atoms with Crippen LogP contribution in [0.15, 0.2) is 47.5 Å². The van der Waals surface area contributed by atoms with E-state index in [-0.39, 0.29) is 28.5 Å². The van der Waals surface area contributed by atoms with Gasteiger partial charge in [0.05, 0.1) is 18.9 Å². The van der Waals surface area contributed by atoms with Crippen LogP contribution in [0, 0.1) is 11.6 Å². The first-order valence-electron chi connectivity index (χ1n) is 8.59. The molecule has 0 radical (unpaired) electrons. The molecule has 0 saturated carbocycles. The van der Waals surface area contributed by atoms with Crippen molar-refractivity contribution in [3.63, 3.8) is 0 Å². The summed E-state index contributed by atoms with van der Waals surface area (Å²) in [5.41, 5.74) is 0.728. The molecule has 1 heterocycles. The molecule has 1 aliphatic heterocycles. The van der Waals surface area contributed by atoms with E-state index in [1.165, 1.54) is 6.07 Å². The van der Waals surface area contributed by atoms with Gasteiger partial charge >= 0.3 is 0 Å². The van der Waals surface area contributed by atoms with Crippen molar-refractivity contribution < 1.29 is 23.1 Å². The highest BCUT2D eigenvalue weighted by Crippen LogP contribution is 2.27. The summed E-state index contributed by atoms with van der Waals surface area (Å²) in [6, 6.07) is 8.85. The molecule has 1 unspecified atom stereocenters. The van der Waals surface area contributed by atoms with E-state index in [4.69, 9.17) is 4.74 Å². The van der Waals surface area contributed by atoms with Crippen LogP contribution >= 0.6 is 0 Å². The molecular formula is C20H16F2N2O3. The molecule has 1 saturated heterocycles. The van der Waals surface area contributed by atoms with E-state index in [9.17, 15) is 18.4 Å². The van der Waals surface area contributed by atoms with E-state index in [0.29, 0.717) is 31.9 Å². The van der Waals surface area contributed by atoms with Crippen molar-refractivity contribution in [2.45, 2.75) is 6.04 Å². The van der Waals surface area contributed by atoms with Crippen LogP contribution in [0.4, 0.5) is 14.5 Å². The Morgan fingerprint density at radius 2 is 1.67 bits per heavy atom. The minimum atomic E-state index is -1.06. The SMILES string of the molecule is O=C1C(=Nc2ccc(F)c(F)c2)C(N2CCOCC2)C(=O)c2ccccc21. The summed E-state index contributed by atoms with van der Waals surface area (Å²) in [7, 11) is 0. The average Bonchev–Trinajstić information content (AvgIpc) is 2.69. The zero-order valence-corrected chi connectivity index (χ0v) is 14.3. The number of halogens is 2. The minimum absolute atomic E-state index is 0.0200. The highest BCUT2D eigenvalue weighted by Gasteiger charge is 2.42. The van der Waals surface area contributed by atoms with Gasteiger partial charge in [-0.15, -0.1) is 0 Å². The molecular weight excluding hydrogens is 354 g/mol. The normalized spacial score (nSPS) is 22.1. The van der Waals surface area contributed by atoms with E-state index in [1.807, 2.05) is 4.90 Å². The van der Waals surface area contributed by atoms with Gasteiger partial charge in [0.25, 0.3) is 0 Å². The molecule has 2 aliphatic rings. The molecule has 2 aromatic rings. The van der Waals surface area contributed by atoms with Crippen molar-refractivity contribution in [1.29, 1.82) is 0 Å². The lowest BCUT2D eigenvalue weighted by atomic mass is 9.83. The Balaban J connectivity index is 1.84. The molecule has 7 heteroatoms. The first-order valence-corrected chi connectivity index (χ1v) is 8.59. The Morgan fingerprint density at radius 1 is 0.963 bits per heavy atom. The van der Waals surface area contributed by atoms with E-state index >= 15 is 0 Å². The van der Waals surface area contributed by atoms with Crippen LogP contribution < -0.4 is 0 Å². The third kappa shape index (κ3) is 3.20. The zero-order chi connectivity index (χ0) is 19.0. The molecule has 4 rings (SSSR count). The van der Waals surface area contributed by atoms with Gasteiger partial charge in [0.2, 0.25) is 5.78 Å². The third-order valence-electron chi connectivity index (χ3n) is 4.74. The van der Waals surface area contributed by atoms with Crippen molar-refractivity contribution in [3.05, 3.63) is 65.2 Å². The molecule has 27 heavy (non-hydrogen) atoms. The molecule has 0 amide bonds. The topological polar surface area (TPSA) is 59.0 Å². The van der Waals surface area contributed by atoms with Crippen molar-refractivity contribution >= 4 is 23.0 Å². The molecule has 1 aliphatic carbocycles. The number of ketones is 2. The summed E-state index contributed by atoms with van der Waals surface area (Å²) in [5, 5.41) is 0. The number of hydrogen-bond acceptors (Lipinski definition) is 5. The van der Waals surface area contributed by atoms with Crippen LogP contribution in [-0.2, 0) is 4.74 Å². The highest BCUT2D eigenvalue weighted by molar-refractivity contribution is 6.55. The van der Waals surface area contributed by atoms with Gasteiger partial charge in [-0.1, -0.05) is 24.3 Å². The molecule has 0 bridgehead atoms. The second kappa shape index (κ2) is 7.09. The van der Waals surface area contributed by atoms with Crippen LogP contribution in [0.25, 0.3) is 0 Å². The number of morpholine rings is 1. The molecule has 0 N–H and O–H groups in total. The fraction of sp³-hybridized carbons (Fsp3) is 0.250. The molecule has 1 fully saturated rings. The standard InChI is InChI=1S/C20H16F2N2O3/c21-15-6-5-12(11-16(15)22)23-17-18(24-7-9-27-10-8-24)20(26)14-4-2-1-3-13(14)19(17)25/h1-6,11,18H,7-10H2. The quantitative estimate of drug-likeness (QED) is 0.816. The van der Waals surface area contributed by atoms with Crippen LogP contribution in [0.3, 0.4) is 0 Å². The van der Waals surface area contributed by atoms with Gasteiger partial charge in [-0.3, -0.25) is 14.5 Å². The first-order chi connectivity index (χ1) is 13.1. The Labute approximate surface area is 154 Å². The smallest absolute Gasteiger partial charge is 0.210 e. The van der Waals surface area contributed by atoms with Gasteiger partial charge in [-0.05, 0) is 12.1 Å². The number of benzene rings is 2. The maximum Gasteiger partial charge on any atom is 0.210 e. The summed E-state index contributed by atoms with van der Waals surface area (Å²) in [5.74, 6) is -2.67. The lowest BCUT2D eigenvalue weighted by Gasteiger charge is -2.36. The lowest BCUT2D eigenvalue weighted by molar-refractivity contribution is 0.0278. The van der Waals surface area contributed by atoms with Gasteiger partial charge in [0.1, 0.15) is 11.8 Å². The van der Waals surface area contributed by atoms with E-state index in [2.05, 4.69) is 4.99 Å².